The van der Waals surface area contributed by atoms with E-state index in [2.05, 4.69) is 5.10 Å². The number of ether oxygens (including phenoxy) is 1. The van der Waals surface area contributed by atoms with E-state index < -0.39 is 0 Å². The van der Waals surface area contributed by atoms with E-state index in [1.165, 1.54) is 0 Å². The van der Waals surface area contributed by atoms with Crippen LogP contribution in [0.1, 0.15) is 6.92 Å². The van der Waals surface area contributed by atoms with Crippen LogP contribution < -0.4 is 0 Å². The van der Waals surface area contributed by atoms with Crippen LogP contribution in [0.3, 0.4) is 0 Å². The Morgan fingerprint density at radius 1 is 1.65 bits per heavy atom. The Hall–Kier alpha value is -1.40. The molecule has 17 heavy (non-hydrogen) atoms. The van der Waals surface area contributed by atoms with E-state index in [4.69, 9.17) is 9.84 Å². The van der Waals surface area contributed by atoms with Crippen LogP contribution >= 0.6 is 0 Å². The van der Waals surface area contributed by atoms with Crippen molar-refractivity contribution in [3.05, 3.63) is 18.5 Å². The first-order valence-corrected chi connectivity index (χ1v) is 5.70. The van der Waals surface area contributed by atoms with Crippen molar-refractivity contribution in [3.63, 3.8) is 0 Å². The van der Waals surface area contributed by atoms with Gasteiger partial charge in [0.1, 0.15) is 6.54 Å². The molecule has 6 nitrogen and oxygen atoms in total. The summed E-state index contributed by atoms with van der Waals surface area (Å²) >= 11 is 0. The van der Waals surface area contributed by atoms with Crippen LogP contribution in [-0.4, -0.2) is 57.6 Å². The van der Waals surface area contributed by atoms with Gasteiger partial charge in [-0.15, -0.1) is 0 Å². The maximum absolute atomic E-state index is 12.1. The van der Waals surface area contributed by atoms with E-state index in [1.54, 1.807) is 28.0 Å². The molecule has 0 radical (unpaired) electrons. The topological polar surface area (TPSA) is 67.6 Å². The van der Waals surface area contributed by atoms with E-state index >= 15 is 0 Å². The number of hydrogen-bond donors (Lipinski definition) is 1. The molecule has 2 heterocycles. The molecule has 0 aromatic carbocycles. The quantitative estimate of drug-likeness (QED) is 0.771. The lowest BCUT2D eigenvalue weighted by molar-refractivity contribution is -0.147. The molecule has 1 N–H and O–H groups in total. The summed E-state index contributed by atoms with van der Waals surface area (Å²) in [6.45, 7) is 3.02. The Balaban J connectivity index is 1.97. The first-order valence-electron chi connectivity index (χ1n) is 5.70. The van der Waals surface area contributed by atoms with E-state index in [9.17, 15) is 4.79 Å². The van der Waals surface area contributed by atoms with Crippen molar-refractivity contribution in [2.24, 2.45) is 0 Å². The molecule has 0 aliphatic carbocycles. The van der Waals surface area contributed by atoms with Crippen molar-refractivity contribution in [2.45, 2.75) is 25.6 Å². The number of carbonyl (C=O) groups excluding carboxylic acids is 1. The molecule has 1 aliphatic heterocycles. The second kappa shape index (κ2) is 5.29. The number of hydrogen-bond acceptors (Lipinski definition) is 4. The first kappa shape index (κ1) is 12.1. The number of aliphatic hydroxyl groups is 1. The van der Waals surface area contributed by atoms with E-state index in [0.717, 1.165) is 0 Å². The molecule has 6 heteroatoms. The minimum Gasteiger partial charge on any atom is -0.394 e. The van der Waals surface area contributed by atoms with Gasteiger partial charge >= 0.3 is 0 Å². The third-order valence-electron chi connectivity index (χ3n) is 2.89. The molecule has 1 aromatic rings. The average Bonchev–Trinajstić information content (AvgIpc) is 2.82. The summed E-state index contributed by atoms with van der Waals surface area (Å²) in [5.74, 6) is 0.00273. The zero-order valence-electron chi connectivity index (χ0n) is 9.82. The molecule has 1 aromatic heterocycles. The third kappa shape index (κ3) is 2.83. The van der Waals surface area contributed by atoms with Crippen LogP contribution in [0, 0.1) is 0 Å². The summed E-state index contributed by atoms with van der Waals surface area (Å²) < 4.78 is 6.98. The molecule has 0 spiro atoms. The Bertz CT molecular complexity index is 366. The highest BCUT2D eigenvalue weighted by atomic mass is 16.5. The van der Waals surface area contributed by atoms with Gasteiger partial charge < -0.3 is 14.7 Å². The molecule has 1 amide bonds. The summed E-state index contributed by atoms with van der Waals surface area (Å²) in [7, 11) is 0. The maximum Gasteiger partial charge on any atom is 0.244 e. The lowest BCUT2D eigenvalue weighted by Crippen LogP contribution is -2.52. The van der Waals surface area contributed by atoms with Gasteiger partial charge in [-0.3, -0.25) is 9.48 Å². The van der Waals surface area contributed by atoms with Crippen LogP contribution in [0.15, 0.2) is 18.5 Å². The zero-order valence-corrected chi connectivity index (χ0v) is 9.82. The standard InChI is InChI=1S/C11H17N3O3/c1-9-8-17-10(7-15)5-14(9)11(16)6-13-4-2-3-12-13/h2-4,9-10,15H,5-8H2,1H3. The molecule has 94 valence electrons. The van der Waals surface area contributed by atoms with Crippen LogP contribution in [0.4, 0.5) is 0 Å². The van der Waals surface area contributed by atoms with Crippen molar-refractivity contribution in [2.75, 3.05) is 19.8 Å². The molecule has 0 bridgehead atoms. The Labute approximate surface area is 99.8 Å². The highest BCUT2D eigenvalue weighted by Gasteiger charge is 2.29. The highest BCUT2D eigenvalue weighted by Crippen LogP contribution is 2.12. The fourth-order valence-electron chi connectivity index (χ4n) is 1.90. The molecular formula is C11H17N3O3. The maximum atomic E-state index is 12.1. The lowest BCUT2D eigenvalue weighted by Gasteiger charge is -2.37. The van der Waals surface area contributed by atoms with Crippen molar-refractivity contribution in [1.82, 2.24) is 14.7 Å². The number of rotatable bonds is 3. The third-order valence-corrected chi connectivity index (χ3v) is 2.89. The molecule has 1 fully saturated rings. The first-order chi connectivity index (χ1) is 8.20. The highest BCUT2D eigenvalue weighted by molar-refractivity contribution is 5.76. The van der Waals surface area contributed by atoms with E-state index in [-0.39, 0.29) is 31.2 Å². The SMILES string of the molecule is CC1COC(CO)CN1C(=O)Cn1cccn1. The summed E-state index contributed by atoms with van der Waals surface area (Å²) in [5, 5.41) is 13.1. The molecule has 2 atom stereocenters. The number of aromatic nitrogens is 2. The summed E-state index contributed by atoms with van der Waals surface area (Å²) in [4.78, 5) is 13.8. The molecule has 1 saturated heterocycles. The minimum atomic E-state index is -0.271. The van der Waals surface area contributed by atoms with Crippen LogP contribution in [-0.2, 0) is 16.1 Å². The molecule has 2 rings (SSSR count). The second-order valence-corrected chi connectivity index (χ2v) is 4.24. The smallest absolute Gasteiger partial charge is 0.244 e. The summed E-state index contributed by atoms with van der Waals surface area (Å²) in [6, 6.07) is 1.83. The fourth-order valence-corrected chi connectivity index (χ4v) is 1.90. The van der Waals surface area contributed by atoms with Crippen molar-refractivity contribution < 1.29 is 14.6 Å². The number of morpholine rings is 1. The van der Waals surface area contributed by atoms with Gasteiger partial charge in [-0.05, 0) is 13.0 Å². The van der Waals surface area contributed by atoms with Crippen molar-refractivity contribution in [3.8, 4) is 0 Å². The van der Waals surface area contributed by atoms with Crippen molar-refractivity contribution in [1.29, 1.82) is 0 Å². The number of amides is 1. The van der Waals surface area contributed by atoms with Gasteiger partial charge in [-0.1, -0.05) is 0 Å². The second-order valence-electron chi connectivity index (χ2n) is 4.24. The normalized spacial score (nSPS) is 24.9. The van der Waals surface area contributed by atoms with Gasteiger partial charge in [-0.25, -0.2) is 0 Å². The molecule has 1 aliphatic rings. The van der Waals surface area contributed by atoms with Gasteiger partial charge in [0.25, 0.3) is 0 Å². The predicted molar refractivity (Wildman–Crippen MR) is 60.2 cm³/mol. The molecule has 0 saturated carbocycles. The van der Waals surface area contributed by atoms with E-state index in [0.29, 0.717) is 13.2 Å². The van der Waals surface area contributed by atoms with E-state index in [1.807, 2.05) is 6.92 Å². The van der Waals surface area contributed by atoms with Crippen LogP contribution in [0.25, 0.3) is 0 Å². The van der Waals surface area contributed by atoms with Gasteiger partial charge in [0, 0.05) is 18.9 Å². The van der Waals surface area contributed by atoms with Gasteiger partial charge in [-0.2, -0.15) is 5.10 Å². The lowest BCUT2D eigenvalue weighted by atomic mass is 10.2. The fraction of sp³-hybridized carbons (Fsp3) is 0.636. The summed E-state index contributed by atoms with van der Waals surface area (Å²) in [5.41, 5.74) is 0. The monoisotopic (exact) mass is 239 g/mol. The molecular weight excluding hydrogens is 222 g/mol. The average molecular weight is 239 g/mol. The number of aliphatic hydroxyl groups excluding tert-OH is 1. The van der Waals surface area contributed by atoms with Gasteiger partial charge in [0.05, 0.1) is 25.4 Å². The number of carbonyl (C=O) groups is 1. The Morgan fingerprint density at radius 2 is 2.47 bits per heavy atom. The number of nitrogens with zero attached hydrogens (tertiary/aromatic N) is 3. The Morgan fingerprint density at radius 3 is 3.12 bits per heavy atom. The van der Waals surface area contributed by atoms with Crippen LogP contribution in [0.5, 0.6) is 0 Å². The zero-order chi connectivity index (χ0) is 12.3. The molecule has 2 unspecified atom stereocenters. The predicted octanol–water partition coefficient (Wildman–Crippen LogP) is -0.509. The Kier molecular flexibility index (Phi) is 3.75. The minimum absolute atomic E-state index is 0.00273. The largest absolute Gasteiger partial charge is 0.394 e. The van der Waals surface area contributed by atoms with Gasteiger partial charge in [0.2, 0.25) is 5.91 Å². The van der Waals surface area contributed by atoms with Crippen molar-refractivity contribution >= 4 is 5.91 Å². The summed E-state index contributed by atoms with van der Waals surface area (Å²) in [6.07, 6.45) is 3.13. The van der Waals surface area contributed by atoms with Crippen LogP contribution in [0.2, 0.25) is 0 Å². The van der Waals surface area contributed by atoms with Gasteiger partial charge in [0.15, 0.2) is 0 Å².